The highest BCUT2D eigenvalue weighted by Crippen LogP contribution is 2.36. The Morgan fingerprint density at radius 2 is 2.00 bits per heavy atom. The molecule has 0 radical (unpaired) electrons. The summed E-state index contributed by atoms with van der Waals surface area (Å²) in [7, 11) is 1.92. The number of aryl methyl sites for hydroxylation is 2. The van der Waals surface area contributed by atoms with Crippen molar-refractivity contribution in [2.24, 2.45) is 7.05 Å². The number of nitrogens with one attached hydrogen (secondary N) is 1. The number of hydrogen-bond donors (Lipinski definition) is 1. The predicted octanol–water partition coefficient (Wildman–Crippen LogP) is 4.17. The zero-order valence-corrected chi connectivity index (χ0v) is 19.3. The van der Waals surface area contributed by atoms with Crippen molar-refractivity contribution in [3.63, 3.8) is 0 Å². The predicted molar refractivity (Wildman–Crippen MR) is 128 cm³/mol. The second-order valence-electron chi connectivity index (χ2n) is 8.45. The fourth-order valence-electron chi connectivity index (χ4n) is 4.13. The second-order valence-corrected chi connectivity index (χ2v) is 8.45. The molecule has 1 fully saturated rings. The van der Waals surface area contributed by atoms with Crippen molar-refractivity contribution in [3.05, 3.63) is 54.7 Å². The van der Waals surface area contributed by atoms with Gasteiger partial charge < -0.3 is 14.6 Å². The lowest BCUT2D eigenvalue weighted by molar-refractivity contribution is 0.340. The largest absolute Gasteiger partial charge is 0.494 e. The first-order chi connectivity index (χ1) is 16.6. The highest BCUT2D eigenvalue weighted by atomic mass is 16.5. The van der Waals surface area contributed by atoms with Gasteiger partial charge in [0.1, 0.15) is 17.1 Å². The average Bonchev–Trinajstić information content (AvgIpc) is 3.24. The maximum absolute atomic E-state index is 5.64. The molecule has 0 atom stereocenters. The molecule has 0 unspecified atom stereocenters. The van der Waals surface area contributed by atoms with Gasteiger partial charge in [-0.1, -0.05) is 0 Å². The summed E-state index contributed by atoms with van der Waals surface area (Å²) in [6, 6.07) is 6.29. The van der Waals surface area contributed by atoms with Crippen LogP contribution in [-0.2, 0) is 7.05 Å². The van der Waals surface area contributed by atoms with Crippen molar-refractivity contribution in [1.29, 1.82) is 0 Å². The van der Waals surface area contributed by atoms with Gasteiger partial charge in [-0.3, -0.25) is 4.68 Å². The lowest BCUT2D eigenvalue weighted by Crippen LogP contribution is -2.07. The van der Waals surface area contributed by atoms with E-state index < -0.39 is 0 Å². The fourth-order valence-corrected chi connectivity index (χ4v) is 4.13. The molecule has 0 spiro atoms. The van der Waals surface area contributed by atoms with Crippen molar-refractivity contribution in [1.82, 2.24) is 38.9 Å². The lowest BCUT2D eigenvalue weighted by atomic mass is 10.1. The minimum atomic E-state index is 0.508. The van der Waals surface area contributed by atoms with Crippen LogP contribution >= 0.6 is 0 Å². The van der Waals surface area contributed by atoms with Crippen molar-refractivity contribution >= 4 is 17.2 Å². The van der Waals surface area contributed by atoms with Gasteiger partial charge in [-0.25, -0.2) is 19.5 Å². The summed E-state index contributed by atoms with van der Waals surface area (Å²) < 4.78 is 11.5. The third-order valence-corrected chi connectivity index (χ3v) is 6.00. The standard InChI is InChI=1S/C24H25N9O/c1-4-34-17-7-9-25-20(13-17)27-22-21-15(2)18(19-8-11-32(29-19)16-5-6-16)14-33(21)30-23(28-22)24-26-10-12-31(24)3/h7-14,16H,4-6H2,1-3H3,(H,25,27,28,30). The number of aromatic nitrogens is 8. The molecule has 1 saturated carbocycles. The van der Waals surface area contributed by atoms with E-state index in [-0.39, 0.29) is 0 Å². The summed E-state index contributed by atoms with van der Waals surface area (Å²) >= 11 is 0. The van der Waals surface area contributed by atoms with E-state index in [9.17, 15) is 0 Å². The van der Waals surface area contributed by atoms with Gasteiger partial charge in [0.25, 0.3) is 0 Å². The van der Waals surface area contributed by atoms with Gasteiger partial charge in [0.05, 0.1) is 18.3 Å². The van der Waals surface area contributed by atoms with Crippen LogP contribution in [0.3, 0.4) is 0 Å². The molecule has 0 aliphatic heterocycles. The fraction of sp³-hybridized carbons (Fsp3) is 0.292. The van der Waals surface area contributed by atoms with E-state index >= 15 is 0 Å². The third kappa shape index (κ3) is 3.57. The number of hydrogen-bond acceptors (Lipinski definition) is 7. The topological polar surface area (TPSA) is 100.0 Å². The molecule has 1 aliphatic rings. The first-order valence-electron chi connectivity index (χ1n) is 11.4. The molecular weight excluding hydrogens is 430 g/mol. The minimum Gasteiger partial charge on any atom is -0.494 e. The second kappa shape index (κ2) is 7.98. The number of fused-ring (bicyclic) bond motifs is 1. The van der Waals surface area contributed by atoms with Gasteiger partial charge in [-0.15, -0.1) is 5.10 Å². The maximum Gasteiger partial charge on any atom is 0.218 e. The Morgan fingerprint density at radius 1 is 1.12 bits per heavy atom. The first kappa shape index (κ1) is 20.4. The monoisotopic (exact) mass is 455 g/mol. The van der Waals surface area contributed by atoms with Gasteiger partial charge in [0.2, 0.25) is 5.82 Å². The van der Waals surface area contributed by atoms with E-state index in [0.717, 1.165) is 28.1 Å². The molecule has 10 nitrogen and oxygen atoms in total. The normalized spacial score (nSPS) is 13.5. The molecule has 1 aliphatic carbocycles. The number of anilines is 2. The van der Waals surface area contributed by atoms with Crippen LogP contribution in [-0.4, -0.2) is 45.5 Å². The molecule has 5 aromatic heterocycles. The molecule has 0 amide bonds. The Labute approximate surface area is 196 Å². The van der Waals surface area contributed by atoms with Crippen molar-refractivity contribution in [3.8, 4) is 28.7 Å². The zero-order chi connectivity index (χ0) is 23.2. The Hall–Kier alpha value is -4.21. The molecule has 34 heavy (non-hydrogen) atoms. The van der Waals surface area contributed by atoms with Crippen molar-refractivity contribution in [2.75, 3.05) is 11.9 Å². The summed E-state index contributed by atoms with van der Waals surface area (Å²) in [4.78, 5) is 13.8. The zero-order valence-electron chi connectivity index (χ0n) is 19.3. The van der Waals surface area contributed by atoms with E-state index in [4.69, 9.17) is 19.9 Å². The SMILES string of the molecule is CCOc1ccnc(Nc2nc(-c3nccn3C)nn3cc(-c4ccn(C5CC5)n4)c(C)c23)c1. The summed E-state index contributed by atoms with van der Waals surface area (Å²) in [5.74, 6) is 3.20. The molecule has 0 aromatic carbocycles. The molecule has 172 valence electrons. The first-order valence-corrected chi connectivity index (χ1v) is 11.4. The van der Waals surface area contributed by atoms with Crippen LogP contribution in [0.15, 0.2) is 49.2 Å². The third-order valence-electron chi connectivity index (χ3n) is 6.00. The summed E-state index contributed by atoms with van der Waals surface area (Å²) in [5.41, 5.74) is 3.84. The van der Waals surface area contributed by atoms with Crippen LogP contribution in [0.25, 0.3) is 28.4 Å². The number of imidazole rings is 1. The average molecular weight is 456 g/mol. The number of nitrogens with zero attached hydrogens (tertiary/aromatic N) is 8. The summed E-state index contributed by atoms with van der Waals surface area (Å²) in [6.45, 7) is 4.61. The Morgan fingerprint density at radius 3 is 2.76 bits per heavy atom. The molecular formula is C24H25N9O. The van der Waals surface area contributed by atoms with E-state index in [2.05, 4.69) is 39.2 Å². The van der Waals surface area contributed by atoms with Crippen LogP contribution in [0.1, 0.15) is 31.4 Å². The molecule has 5 heterocycles. The molecule has 1 N–H and O–H groups in total. The minimum absolute atomic E-state index is 0.508. The van der Waals surface area contributed by atoms with Crippen LogP contribution in [0, 0.1) is 6.92 Å². The Balaban J connectivity index is 1.49. The molecule has 0 saturated heterocycles. The van der Waals surface area contributed by atoms with Gasteiger partial charge in [0.15, 0.2) is 11.6 Å². The van der Waals surface area contributed by atoms with Crippen molar-refractivity contribution < 1.29 is 4.74 Å². The number of pyridine rings is 1. The van der Waals surface area contributed by atoms with Gasteiger partial charge >= 0.3 is 0 Å². The highest BCUT2D eigenvalue weighted by Gasteiger charge is 2.25. The summed E-state index contributed by atoms with van der Waals surface area (Å²) in [5, 5.41) is 13.0. The van der Waals surface area contributed by atoms with E-state index in [1.54, 1.807) is 12.4 Å². The van der Waals surface area contributed by atoms with E-state index in [1.807, 2.05) is 47.6 Å². The maximum atomic E-state index is 5.64. The quantitative estimate of drug-likeness (QED) is 0.393. The number of rotatable bonds is 7. The Bertz CT molecular complexity index is 1490. The smallest absolute Gasteiger partial charge is 0.218 e. The lowest BCUT2D eigenvalue weighted by Gasteiger charge is -2.11. The van der Waals surface area contributed by atoms with Gasteiger partial charge in [-0.05, 0) is 44.4 Å². The van der Waals surface area contributed by atoms with Crippen LogP contribution < -0.4 is 10.1 Å². The van der Waals surface area contributed by atoms with Crippen molar-refractivity contribution in [2.45, 2.75) is 32.7 Å². The molecule has 0 bridgehead atoms. The molecule has 5 aromatic rings. The van der Waals surface area contributed by atoms with Crippen LogP contribution in [0.4, 0.5) is 11.6 Å². The molecule has 6 rings (SSSR count). The Kier molecular flexibility index (Phi) is 4.79. The van der Waals surface area contributed by atoms with Crippen LogP contribution in [0.5, 0.6) is 5.75 Å². The van der Waals surface area contributed by atoms with Gasteiger partial charge in [0, 0.05) is 49.7 Å². The summed E-state index contributed by atoms with van der Waals surface area (Å²) in [6.07, 6.45) is 11.8. The van der Waals surface area contributed by atoms with Crippen LogP contribution in [0.2, 0.25) is 0 Å². The molecule has 10 heteroatoms. The number of ether oxygens (including phenoxy) is 1. The highest BCUT2D eigenvalue weighted by molar-refractivity contribution is 5.84. The van der Waals surface area contributed by atoms with E-state index in [0.29, 0.717) is 35.9 Å². The van der Waals surface area contributed by atoms with Gasteiger partial charge in [-0.2, -0.15) is 5.10 Å². The van der Waals surface area contributed by atoms with E-state index in [1.165, 1.54) is 12.8 Å².